The molecular weight excluding hydrogens is 290 g/mol. The molecule has 0 unspecified atom stereocenters. The first-order chi connectivity index (χ1) is 11.6. The zero-order valence-corrected chi connectivity index (χ0v) is 15.2. The zero-order chi connectivity index (χ0) is 16.8. The molecule has 1 heterocycles. The van der Waals surface area contributed by atoms with Crippen molar-refractivity contribution >= 4 is 10.9 Å². The second-order valence-electron chi connectivity index (χ2n) is 7.38. The van der Waals surface area contributed by atoms with Crippen molar-refractivity contribution in [2.45, 2.75) is 46.5 Å². The van der Waals surface area contributed by atoms with Gasteiger partial charge in [0.1, 0.15) is 7.05 Å². The van der Waals surface area contributed by atoms with Crippen molar-refractivity contribution < 1.29 is 4.57 Å². The molecule has 1 aliphatic rings. The number of aromatic nitrogens is 1. The fourth-order valence-corrected chi connectivity index (χ4v) is 4.30. The van der Waals surface area contributed by atoms with Gasteiger partial charge < -0.3 is 0 Å². The Morgan fingerprint density at radius 3 is 2.50 bits per heavy atom. The number of hydrogen-bond acceptors (Lipinski definition) is 0. The smallest absolute Gasteiger partial charge is 0.194 e. The van der Waals surface area contributed by atoms with E-state index >= 15 is 0 Å². The molecule has 1 heteroatoms. The maximum Gasteiger partial charge on any atom is 0.213 e. The molecule has 1 aromatic heterocycles. The Balaban J connectivity index is 1.98. The molecule has 1 aliphatic carbocycles. The Bertz CT molecular complexity index is 950. The van der Waals surface area contributed by atoms with Crippen molar-refractivity contribution in [3.63, 3.8) is 0 Å². The number of benzene rings is 2. The van der Waals surface area contributed by atoms with Crippen molar-refractivity contribution in [3.05, 3.63) is 64.2 Å². The highest BCUT2D eigenvalue weighted by molar-refractivity contribution is 5.83. The lowest BCUT2D eigenvalue weighted by Crippen LogP contribution is -2.32. The van der Waals surface area contributed by atoms with Crippen LogP contribution in [0.1, 0.15) is 40.7 Å². The third-order valence-electron chi connectivity index (χ3n) is 5.77. The average Bonchev–Trinajstić information content (AvgIpc) is 2.58. The van der Waals surface area contributed by atoms with Gasteiger partial charge in [-0.25, -0.2) is 0 Å². The van der Waals surface area contributed by atoms with E-state index in [-0.39, 0.29) is 0 Å². The first-order valence-electron chi connectivity index (χ1n) is 9.08. The number of aryl methyl sites for hydroxylation is 5. The van der Waals surface area contributed by atoms with E-state index in [0.29, 0.717) is 0 Å². The highest BCUT2D eigenvalue weighted by Gasteiger charge is 2.20. The summed E-state index contributed by atoms with van der Waals surface area (Å²) in [5.41, 5.74) is 11.2. The lowest BCUT2D eigenvalue weighted by Gasteiger charge is -2.17. The normalized spacial score (nSPS) is 14.0. The Kier molecular flexibility index (Phi) is 3.68. The van der Waals surface area contributed by atoms with Crippen LogP contribution in [-0.4, -0.2) is 0 Å². The van der Waals surface area contributed by atoms with Gasteiger partial charge >= 0.3 is 0 Å². The summed E-state index contributed by atoms with van der Waals surface area (Å²) in [7, 11) is 2.21. The molecule has 1 nitrogen and oxygen atoms in total. The minimum atomic E-state index is 1.23. The monoisotopic (exact) mass is 316 g/mol. The second-order valence-corrected chi connectivity index (χ2v) is 7.38. The van der Waals surface area contributed by atoms with Gasteiger partial charge in [-0.05, 0) is 80.8 Å². The first-order valence-corrected chi connectivity index (χ1v) is 9.08. The standard InChI is InChI=1S/C23H26N/c1-15-13-16(2)17(3)21(14-15)23-12-10-20-19-8-6-5-7-18(19)9-11-22(20)24(23)4/h9-14H,5-8H2,1-4H3/q+1. The molecule has 3 aromatic rings. The van der Waals surface area contributed by atoms with Gasteiger partial charge in [0.2, 0.25) is 11.2 Å². The second kappa shape index (κ2) is 5.73. The van der Waals surface area contributed by atoms with Crippen LogP contribution in [0.3, 0.4) is 0 Å². The molecule has 0 saturated heterocycles. The van der Waals surface area contributed by atoms with E-state index in [1.807, 2.05) is 0 Å². The van der Waals surface area contributed by atoms with Crippen LogP contribution in [0.5, 0.6) is 0 Å². The van der Waals surface area contributed by atoms with Crippen molar-refractivity contribution in [1.82, 2.24) is 0 Å². The third kappa shape index (κ3) is 2.34. The molecule has 24 heavy (non-hydrogen) atoms. The fraction of sp³-hybridized carbons (Fsp3) is 0.348. The summed E-state index contributed by atoms with van der Waals surface area (Å²) in [5, 5.41) is 1.44. The summed E-state index contributed by atoms with van der Waals surface area (Å²) in [6.45, 7) is 6.64. The van der Waals surface area contributed by atoms with Gasteiger partial charge in [0.25, 0.3) is 0 Å². The van der Waals surface area contributed by atoms with Crippen molar-refractivity contribution in [1.29, 1.82) is 0 Å². The van der Waals surface area contributed by atoms with Crippen LogP contribution in [0, 0.1) is 20.8 Å². The zero-order valence-electron chi connectivity index (χ0n) is 15.2. The quantitative estimate of drug-likeness (QED) is 0.548. The highest BCUT2D eigenvalue weighted by atomic mass is 14.9. The third-order valence-corrected chi connectivity index (χ3v) is 5.77. The van der Waals surface area contributed by atoms with E-state index < -0.39 is 0 Å². The SMILES string of the molecule is Cc1cc(C)c(C)c(-c2ccc3c4c(ccc3[n+]2C)CCCC4)c1. The van der Waals surface area contributed by atoms with E-state index in [1.165, 1.54) is 64.5 Å². The van der Waals surface area contributed by atoms with Crippen molar-refractivity contribution in [2.24, 2.45) is 7.05 Å². The van der Waals surface area contributed by atoms with Crippen LogP contribution >= 0.6 is 0 Å². The van der Waals surface area contributed by atoms with Gasteiger partial charge in [0, 0.05) is 23.1 Å². The molecule has 0 amide bonds. The van der Waals surface area contributed by atoms with Gasteiger partial charge in [-0.1, -0.05) is 17.7 Å². The molecule has 2 aromatic carbocycles. The van der Waals surface area contributed by atoms with Crippen molar-refractivity contribution in [3.8, 4) is 11.3 Å². The van der Waals surface area contributed by atoms with Crippen LogP contribution in [-0.2, 0) is 19.9 Å². The molecule has 0 aliphatic heterocycles. The maximum atomic E-state index is 2.38. The van der Waals surface area contributed by atoms with E-state index in [4.69, 9.17) is 0 Å². The fourth-order valence-electron chi connectivity index (χ4n) is 4.30. The van der Waals surface area contributed by atoms with Crippen LogP contribution in [0.25, 0.3) is 22.2 Å². The highest BCUT2D eigenvalue weighted by Crippen LogP contribution is 2.30. The number of pyridine rings is 1. The predicted octanol–water partition coefficient (Wildman–Crippen LogP) is 5.14. The molecule has 0 bridgehead atoms. The predicted molar refractivity (Wildman–Crippen MR) is 101 cm³/mol. The summed E-state index contributed by atoms with van der Waals surface area (Å²) in [6.07, 6.45) is 5.14. The van der Waals surface area contributed by atoms with E-state index in [0.717, 1.165) is 0 Å². The Morgan fingerprint density at radius 2 is 1.67 bits per heavy atom. The van der Waals surface area contributed by atoms with Gasteiger partial charge in [-0.15, -0.1) is 0 Å². The van der Waals surface area contributed by atoms with Crippen LogP contribution in [0.2, 0.25) is 0 Å². The lowest BCUT2D eigenvalue weighted by atomic mass is 9.88. The molecule has 0 saturated carbocycles. The van der Waals surface area contributed by atoms with Crippen molar-refractivity contribution in [2.75, 3.05) is 0 Å². The van der Waals surface area contributed by atoms with E-state index in [2.05, 4.69) is 68.8 Å². The molecule has 0 N–H and O–H groups in total. The van der Waals surface area contributed by atoms with Crippen LogP contribution < -0.4 is 4.57 Å². The van der Waals surface area contributed by atoms with Crippen LogP contribution in [0.15, 0.2) is 36.4 Å². The summed E-state index contributed by atoms with van der Waals surface area (Å²) in [4.78, 5) is 0. The molecular formula is C23H26N+. The average molecular weight is 316 g/mol. The number of rotatable bonds is 1. The minimum Gasteiger partial charge on any atom is -0.194 e. The van der Waals surface area contributed by atoms with Gasteiger partial charge in [-0.2, -0.15) is 4.57 Å². The number of nitrogens with zero attached hydrogens (tertiary/aromatic N) is 1. The minimum absolute atomic E-state index is 1.23. The molecule has 0 fully saturated rings. The molecule has 122 valence electrons. The largest absolute Gasteiger partial charge is 0.213 e. The van der Waals surface area contributed by atoms with E-state index in [1.54, 1.807) is 11.1 Å². The summed E-state index contributed by atoms with van der Waals surface area (Å²) < 4.78 is 2.38. The lowest BCUT2D eigenvalue weighted by molar-refractivity contribution is -0.633. The van der Waals surface area contributed by atoms with Gasteiger partial charge in [0.05, 0.1) is 0 Å². The summed E-state index contributed by atoms with van der Waals surface area (Å²) >= 11 is 0. The van der Waals surface area contributed by atoms with Gasteiger partial charge in [0.15, 0.2) is 0 Å². The topological polar surface area (TPSA) is 3.88 Å². The van der Waals surface area contributed by atoms with Gasteiger partial charge in [-0.3, -0.25) is 0 Å². The summed E-state index contributed by atoms with van der Waals surface area (Å²) in [6, 6.07) is 13.9. The molecule has 4 rings (SSSR count). The number of hydrogen-bond donors (Lipinski definition) is 0. The first kappa shape index (κ1) is 15.4. The number of fused-ring (bicyclic) bond motifs is 3. The summed E-state index contributed by atoms with van der Waals surface area (Å²) in [5.74, 6) is 0. The maximum absolute atomic E-state index is 2.38. The molecule has 0 radical (unpaired) electrons. The van der Waals surface area contributed by atoms with E-state index in [9.17, 15) is 0 Å². The molecule has 0 atom stereocenters. The molecule has 0 spiro atoms. The Morgan fingerprint density at radius 1 is 0.875 bits per heavy atom. The Hall–Kier alpha value is -2.15. The van der Waals surface area contributed by atoms with Crippen LogP contribution in [0.4, 0.5) is 0 Å². The Labute approximate surface area is 145 Å².